The fourth-order valence-electron chi connectivity index (χ4n) is 2.22. The van der Waals surface area contributed by atoms with Gasteiger partial charge in [0.15, 0.2) is 0 Å². The molecule has 1 atom stereocenters. The van der Waals surface area contributed by atoms with Gasteiger partial charge in [-0.05, 0) is 26.8 Å². The van der Waals surface area contributed by atoms with E-state index in [0.717, 1.165) is 17.0 Å². The standard InChI is InChI=1S/C13H17N5O2/c1-8(12-9(2)16-17-10(12)3)15-11(19)7-18-6-4-5-14-13(18)20/h4-6,8H,7H2,1-3H3,(H,15,19)(H,16,17). The zero-order chi connectivity index (χ0) is 14.7. The fraction of sp³-hybridized carbons (Fsp3) is 0.385. The normalized spacial score (nSPS) is 12.2. The van der Waals surface area contributed by atoms with Crippen molar-refractivity contribution < 1.29 is 4.79 Å². The summed E-state index contributed by atoms with van der Waals surface area (Å²) in [4.78, 5) is 27.0. The zero-order valence-corrected chi connectivity index (χ0v) is 11.7. The predicted molar refractivity (Wildman–Crippen MR) is 73.1 cm³/mol. The molecule has 1 unspecified atom stereocenters. The molecule has 0 aliphatic rings. The highest BCUT2D eigenvalue weighted by Crippen LogP contribution is 2.18. The summed E-state index contributed by atoms with van der Waals surface area (Å²) in [6, 6.07) is 1.44. The van der Waals surface area contributed by atoms with E-state index in [1.807, 2.05) is 20.8 Å². The molecule has 0 aliphatic carbocycles. The molecule has 7 nitrogen and oxygen atoms in total. The van der Waals surface area contributed by atoms with Crippen LogP contribution >= 0.6 is 0 Å². The number of H-pyrrole nitrogens is 1. The van der Waals surface area contributed by atoms with Crippen molar-refractivity contribution >= 4 is 5.91 Å². The Labute approximate surface area is 116 Å². The van der Waals surface area contributed by atoms with Gasteiger partial charge in [-0.15, -0.1) is 0 Å². The molecule has 2 N–H and O–H groups in total. The second kappa shape index (κ2) is 5.68. The van der Waals surface area contributed by atoms with E-state index in [1.165, 1.54) is 17.0 Å². The zero-order valence-electron chi connectivity index (χ0n) is 11.7. The molecular weight excluding hydrogens is 258 g/mol. The molecule has 0 radical (unpaired) electrons. The highest BCUT2D eigenvalue weighted by atomic mass is 16.2. The molecule has 2 aromatic heterocycles. The topological polar surface area (TPSA) is 92.7 Å². The van der Waals surface area contributed by atoms with Crippen LogP contribution in [-0.2, 0) is 11.3 Å². The van der Waals surface area contributed by atoms with E-state index >= 15 is 0 Å². The van der Waals surface area contributed by atoms with Gasteiger partial charge in [0.25, 0.3) is 0 Å². The van der Waals surface area contributed by atoms with Crippen LogP contribution in [0.4, 0.5) is 0 Å². The molecule has 0 spiro atoms. The molecule has 0 saturated carbocycles. The third kappa shape index (κ3) is 2.93. The Morgan fingerprint density at radius 3 is 2.85 bits per heavy atom. The first-order valence-electron chi connectivity index (χ1n) is 6.31. The van der Waals surface area contributed by atoms with Crippen molar-refractivity contribution in [3.8, 4) is 0 Å². The Bertz CT molecular complexity index is 654. The number of aromatic nitrogens is 4. The SMILES string of the molecule is Cc1n[nH]c(C)c1C(C)NC(=O)Cn1cccnc1=O. The van der Waals surface area contributed by atoms with Crippen molar-refractivity contribution in [2.24, 2.45) is 0 Å². The highest BCUT2D eigenvalue weighted by molar-refractivity contribution is 5.76. The van der Waals surface area contributed by atoms with Crippen LogP contribution in [0.15, 0.2) is 23.3 Å². The fourth-order valence-corrected chi connectivity index (χ4v) is 2.22. The van der Waals surface area contributed by atoms with Gasteiger partial charge in [0.05, 0.1) is 11.7 Å². The Kier molecular flexibility index (Phi) is 3.97. The molecule has 106 valence electrons. The van der Waals surface area contributed by atoms with Crippen LogP contribution in [0, 0.1) is 13.8 Å². The molecule has 2 rings (SSSR count). The van der Waals surface area contributed by atoms with Crippen LogP contribution in [0.5, 0.6) is 0 Å². The number of nitrogens with one attached hydrogen (secondary N) is 2. The number of hydrogen-bond donors (Lipinski definition) is 2. The summed E-state index contributed by atoms with van der Waals surface area (Å²) in [5, 5.41) is 9.84. The molecule has 2 aromatic rings. The lowest BCUT2D eigenvalue weighted by Crippen LogP contribution is -2.34. The molecule has 0 bridgehead atoms. The second-order valence-electron chi connectivity index (χ2n) is 4.67. The van der Waals surface area contributed by atoms with Crippen LogP contribution in [0.2, 0.25) is 0 Å². The Morgan fingerprint density at radius 2 is 2.25 bits per heavy atom. The maximum atomic E-state index is 12.0. The lowest BCUT2D eigenvalue weighted by Gasteiger charge is -2.15. The molecule has 1 amide bonds. The maximum absolute atomic E-state index is 12.0. The van der Waals surface area contributed by atoms with Gasteiger partial charge in [0.2, 0.25) is 5.91 Å². The maximum Gasteiger partial charge on any atom is 0.347 e. The number of aromatic amines is 1. The summed E-state index contributed by atoms with van der Waals surface area (Å²) in [6.45, 7) is 5.62. The number of nitrogens with zero attached hydrogens (tertiary/aromatic N) is 3. The average Bonchev–Trinajstić information content (AvgIpc) is 2.72. The minimum atomic E-state index is -0.439. The number of hydrogen-bond acceptors (Lipinski definition) is 4. The van der Waals surface area contributed by atoms with Crippen LogP contribution in [0.25, 0.3) is 0 Å². The number of rotatable bonds is 4. The predicted octanol–water partition coefficient (Wildman–Crippen LogP) is 0.461. The molecular formula is C13H17N5O2. The van der Waals surface area contributed by atoms with Crippen molar-refractivity contribution in [3.63, 3.8) is 0 Å². The molecule has 20 heavy (non-hydrogen) atoms. The second-order valence-corrected chi connectivity index (χ2v) is 4.67. The van der Waals surface area contributed by atoms with Crippen molar-refractivity contribution in [1.82, 2.24) is 25.1 Å². The van der Waals surface area contributed by atoms with E-state index in [-0.39, 0.29) is 18.5 Å². The van der Waals surface area contributed by atoms with Gasteiger partial charge in [0, 0.05) is 23.7 Å². The highest BCUT2D eigenvalue weighted by Gasteiger charge is 2.16. The van der Waals surface area contributed by atoms with Gasteiger partial charge in [-0.1, -0.05) is 0 Å². The lowest BCUT2D eigenvalue weighted by molar-refractivity contribution is -0.122. The molecule has 0 aromatic carbocycles. The van der Waals surface area contributed by atoms with Gasteiger partial charge >= 0.3 is 5.69 Å². The first-order chi connectivity index (χ1) is 9.49. The summed E-state index contributed by atoms with van der Waals surface area (Å²) < 4.78 is 1.26. The molecule has 0 fully saturated rings. The van der Waals surface area contributed by atoms with Crippen LogP contribution in [0.1, 0.15) is 29.9 Å². The van der Waals surface area contributed by atoms with Crippen molar-refractivity contribution in [2.75, 3.05) is 0 Å². The summed E-state index contributed by atoms with van der Waals surface area (Å²) in [7, 11) is 0. The van der Waals surface area contributed by atoms with Gasteiger partial charge in [-0.3, -0.25) is 14.5 Å². The van der Waals surface area contributed by atoms with E-state index < -0.39 is 5.69 Å². The van der Waals surface area contributed by atoms with Crippen LogP contribution < -0.4 is 11.0 Å². The largest absolute Gasteiger partial charge is 0.348 e. The number of carbonyl (C=O) groups is 1. The third-order valence-corrected chi connectivity index (χ3v) is 3.09. The van der Waals surface area contributed by atoms with E-state index in [2.05, 4.69) is 20.5 Å². The Morgan fingerprint density at radius 1 is 1.50 bits per heavy atom. The van der Waals surface area contributed by atoms with Crippen molar-refractivity contribution in [3.05, 3.63) is 45.9 Å². The Balaban J connectivity index is 2.06. The van der Waals surface area contributed by atoms with E-state index in [1.54, 1.807) is 6.07 Å². The first-order valence-corrected chi connectivity index (χ1v) is 6.31. The van der Waals surface area contributed by atoms with E-state index in [4.69, 9.17) is 0 Å². The van der Waals surface area contributed by atoms with E-state index in [9.17, 15) is 9.59 Å². The van der Waals surface area contributed by atoms with Crippen molar-refractivity contribution in [1.29, 1.82) is 0 Å². The quantitative estimate of drug-likeness (QED) is 0.847. The van der Waals surface area contributed by atoms with Gasteiger partial charge in [-0.2, -0.15) is 5.10 Å². The molecule has 0 saturated heterocycles. The molecule has 0 aliphatic heterocycles. The van der Waals surface area contributed by atoms with Crippen LogP contribution in [-0.4, -0.2) is 25.7 Å². The Hall–Kier alpha value is -2.44. The minimum absolute atomic E-state index is 0.0487. The molecule has 2 heterocycles. The van der Waals surface area contributed by atoms with Crippen molar-refractivity contribution in [2.45, 2.75) is 33.4 Å². The first kappa shape index (κ1) is 14.0. The van der Waals surface area contributed by atoms with Gasteiger partial charge in [-0.25, -0.2) is 9.78 Å². The smallest absolute Gasteiger partial charge is 0.347 e. The van der Waals surface area contributed by atoms with E-state index in [0.29, 0.717) is 0 Å². The van der Waals surface area contributed by atoms with Gasteiger partial charge in [0.1, 0.15) is 6.54 Å². The summed E-state index contributed by atoms with van der Waals surface area (Å²) in [5.74, 6) is -0.243. The number of amides is 1. The van der Waals surface area contributed by atoms with Gasteiger partial charge < -0.3 is 5.32 Å². The summed E-state index contributed by atoms with van der Waals surface area (Å²) in [5.41, 5.74) is 2.31. The third-order valence-electron chi connectivity index (χ3n) is 3.09. The average molecular weight is 275 g/mol. The summed E-state index contributed by atoms with van der Waals surface area (Å²) in [6.07, 6.45) is 2.94. The van der Waals surface area contributed by atoms with Crippen LogP contribution in [0.3, 0.4) is 0 Å². The monoisotopic (exact) mass is 275 g/mol. The lowest BCUT2D eigenvalue weighted by atomic mass is 10.1. The number of carbonyl (C=O) groups excluding carboxylic acids is 1. The minimum Gasteiger partial charge on any atom is -0.348 e. The summed E-state index contributed by atoms with van der Waals surface area (Å²) >= 11 is 0. The molecule has 7 heteroatoms. The number of aryl methyl sites for hydroxylation is 2.